The van der Waals surface area contributed by atoms with E-state index in [-0.39, 0.29) is 24.4 Å². The molecule has 2 N–H and O–H groups in total. The second-order valence-corrected chi connectivity index (χ2v) is 4.77. The van der Waals surface area contributed by atoms with Crippen LogP contribution in [0.2, 0.25) is 0 Å². The molecule has 19 heavy (non-hydrogen) atoms. The van der Waals surface area contributed by atoms with Crippen LogP contribution in [-0.2, 0) is 22.6 Å². The van der Waals surface area contributed by atoms with E-state index in [2.05, 4.69) is 22.8 Å². The topological polar surface area (TPSA) is 61.4 Å². The number of hydrogen-bond acceptors (Lipinski definition) is 3. The van der Waals surface area contributed by atoms with Crippen LogP contribution in [0.3, 0.4) is 0 Å². The van der Waals surface area contributed by atoms with Gasteiger partial charge in [0.05, 0.1) is 12.6 Å². The zero-order chi connectivity index (χ0) is 13.8. The molecule has 0 bridgehead atoms. The number of amides is 2. The van der Waals surface area contributed by atoms with E-state index < -0.39 is 0 Å². The van der Waals surface area contributed by atoms with Crippen molar-refractivity contribution < 1.29 is 9.59 Å². The van der Waals surface area contributed by atoms with Crippen LogP contribution in [0.15, 0.2) is 24.3 Å². The first kappa shape index (κ1) is 13.5. The number of likely N-dealkylation sites (N-methyl/N-ethyl adjacent to an activating group) is 2. The molecular formula is C14H19N3O2. The van der Waals surface area contributed by atoms with Gasteiger partial charge in [-0.3, -0.25) is 9.59 Å². The quantitative estimate of drug-likeness (QED) is 0.799. The summed E-state index contributed by atoms with van der Waals surface area (Å²) in [5.41, 5.74) is 2.44. The van der Waals surface area contributed by atoms with Gasteiger partial charge in [-0.1, -0.05) is 24.3 Å². The highest BCUT2D eigenvalue weighted by molar-refractivity contribution is 5.87. The van der Waals surface area contributed by atoms with Crippen LogP contribution in [-0.4, -0.2) is 43.4 Å². The van der Waals surface area contributed by atoms with Crippen LogP contribution in [0.5, 0.6) is 0 Å². The van der Waals surface area contributed by atoms with Crippen molar-refractivity contribution in [2.24, 2.45) is 0 Å². The van der Waals surface area contributed by atoms with Crippen LogP contribution in [0, 0.1) is 0 Å². The van der Waals surface area contributed by atoms with E-state index in [1.807, 2.05) is 12.1 Å². The predicted molar refractivity (Wildman–Crippen MR) is 72.5 cm³/mol. The van der Waals surface area contributed by atoms with E-state index in [0.717, 1.165) is 0 Å². The minimum atomic E-state index is -0.246. The highest BCUT2D eigenvalue weighted by Crippen LogP contribution is 2.17. The normalized spacial score (nSPS) is 17.5. The molecule has 1 aliphatic rings. The number of carbonyl (C=O) groups is 2. The lowest BCUT2D eigenvalue weighted by molar-refractivity contribution is -0.136. The lowest BCUT2D eigenvalue weighted by Gasteiger charge is -2.28. The van der Waals surface area contributed by atoms with Crippen molar-refractivity contribution in [3.05, 3.63) is 35.4 Å². The SMILES string of the molecule is CNC(=O)CN(C)C(=O)[C@@H]1Cc2ccccc2CN1. The monoisotopic (exact) mass is 261 g/mol. The minimum Gasteiger partial charge on any atom is -0.358 e. The van der Waals surface area contributed by atoms with Gasteiger partial charge in [0, 0.05) is 20.6 Å². The Labute approximate surface area is 113 Å². The molecule has 1 heterocycles. The molecule has 2 amide bonds. The van der Waals surface area contributed by atoms with Gasteiger partial charge in [-0.25, -0.2) is 0 Å². The fourth-order valence-electron chi connectivity index (χ4n) is 2.27. The minimum absolute atomic E-state index is 0.0434. The van der Waals surface area contributed by atoms with Crippen LogP contribution in [0.25, 0.3) is 0 Å². The Morgan fingerprint density at radius 2 is 2.05 bits per heavy atom. The zero-order valence-corrected chi connectivity index (χ0v) is 11.3. The lowest BCUT2D eigenvalue weighted by Crippen LogP contribution is -2.50. The Morgan fingerprint density at radius 3 is 2.74 bits per heavy atom. The lowest BCUT2D eigenvalue weighted by atomic mass is 9.95. The van der Waals surface area contributed by atoms with Gasteiger partial charge in [-0.15, -0.1) is 0 Å². The van der Waals surface area contributed by atoms with Gasteiger partial charge in [0.1, 0.15) is 0 Å². The van der Waals surface area contributed by atoms with Crippen molar-refractivity contribution in [2.45, 2.75) is 19.0 Å². The van der Waals surface area contributed by atoms with E-state index in [4.69, 9.17) is 0 Å². The molecule has 0 unspecified atom stereocenters. The number of carbonyl (C=O) groups excluding carboxylic acids is 2. The largest absolute Gasteiger partial charge is 0.358 e. The third-order valence-corrected chi connectivity index (χ3v) is 3.42. The number of nitrogens with zero attached hydrogens (tertiary/aromatic N) is 1. The molecule has 0 spiro atoms. The molecule has 0 saturated heterocycles. The van der Waals surface area contributed by atoms with Gasteiger partial charge >= 0.3 is 0 Å². The molecule has 0 saturated carbocycles. The first-order valence-corrected chi connectivity index (χ1v) is 6.37. The average Bonchev–Trinajstić information content (AvgIpc) is 2.45. The summed E-state index contributed by atoms with van der Waals surface area (Å²) in [5.74, 6) is -0.204. The standard InChI is InChI=1S/C14H19N3O2/c1-15-13(18)9-17(2)14(19)12-7-10-5-3-4-6-11(10)8-16-12/h3-6,12,16H,7-9H2,1-2H3,(H,15,18)/t12-/m0/s1. The fourth-order valence-corrected chi connectivity index (χ4v) is 2.27. The van der Waals surface area contributed by atoms with Crippen LogP contribution >= 0.6 is 0 Å². The number of benzene rings is 1. The Morgan fingerprint density at radius 1 is 1.37 bits per heavy atom. The Bertz CT molecular complexity index is 487. The molecule has 0 aromatic heterocycles. The highest BCUT2D eigenvalue weighted by Gasteiger charge is 2.26. The third kappa shape index (κ3) is 3.12. The molecule has 0 aliphatic carbocycles. The number of nitrogens with one attached hydrogen (secondary N) is 2. The van der Waals surface area contributed by atoms with Crippen LogP contribution in [0.4, 0.5) is 0 Å². The van der Waals surface area contributed by atoms with Gasteiger partial charge in [-0.05, 0) is 17.5 Å². The summed E-state index contributed by atoms with van der Waals surface area (Å²) < 4.78 is 0. The molecule has 5 nitrogen and oxygen atoms in total. The maximum atomic E-state index is 12.2. The van der Waals surface area contributed by atoms with E-state index in [9.17, 15) is 9.59 Å². The molecular weight excluding hydrogens is 242 g/mol. The molecule has 1 aliphatic heterocycles. The van der Waals surface area contributed by atoms with Gasteiger partial charge in [0.2, 0.25) is 11.8 Å². The number of fused-ring (bicyclic) bond motifs is 1. The fraction of sp³-hybridized carbons (Fsp3) is 0.429. The molecule has 1 atom stereocenters. The number of hydrogen-bond donors (Lipinski definition) is 2. The second-order valence-electron chi connectivity index (χ2n) is 4.77. The van der Waals surface area contributed by atoms with Crippen molar-refractivity contribution in [1.29, 1.82) is 0 Å². The smallest absolute Gasteiger partial charge is 0.240 e. The Hall–Kier alpha value is -1.88. The molecule has 2 rings (SSSR count). The summed E-state index contributed by atoms with van der Waals surface area (Å²) in [6.45, 7) is 0.787. The Kier molecular flexibility index (Phi) is 4.16. The summed E-state index contributed by atoms with van der Waals surface area (Å²) in [7, 11) is 3.22. The Balaban J connectivity index is 2.00. The van der Waals surface area contributed by atoms with Crippen molar-refractivity contribution in [3.8, 4) is 0 Å². The van der Waals surface area contributed by atoms with E-state index in [0.29, 0.717) is 13.0 Å². The highest BCUT2D eigenvalue weighted by atomic mass is 16.2. The third-order valence-electron chi connectivity index (χ3n) is 3.42. The van der Waals surface area contributed by atoms with Gasteiger partial charge in [0.15, 0.2) is 0 Å². The van der Waals surface area contributed by atoms with Crippen LogP contribution in [0.1, 0.15) is 11.1 Å². The summed E-state index contributed by atoms with van der Waals surface area (Å²) >= 11 is 0. The maximum Gasteiger partial charge on any atom is 0.240 e. The average molecular weight is 261 g/mol. The van der Waals surface area contributed by atoms with Crippen molar-refractivity contribution in [3.63, 3.8) is 0 Å². The second kappa shape index (κ2) is 5.84. The van der Waals surface area contributed by atoms with Crippen molar-refractivity contribution in [2.75, 3.05) is 20.6 Å². The molecule has 0 radical (unpaired) electrons. The van der Waals surface area contributed by atoms with E-state index in [1.165, 1.54) is 16.0 Å². The summed E-state index contributed by atoms with van der Waals surface area (Å²) in [4.78, 5) is 25.0. The van der Waals surface area contributed by atoms with Crippen molar-refractivity contribution in [1.82, 2.24) is 15.5 Å². The van der Waals surface area contributed by atoms with Gasteiger partial charge in [-0.2, -0.15) is 0 Å². The summed E-state index contributed by atoms with van der Waals surface area (Å²) in [6, 6.07) is 7.86. The van der Waals surface area contributed by atoms with E-state index >= 15 is 0 Å². The molecule has 5 heteroatoms. The summed E-state index contributed by atoms with van der Waals surface area (Å²) in [5, 5.41) is 5.74. The van der Waals surface area contributed by atoms with Crippen molar-refractivity contribution >= 4 is 11.8 Å². The molecule has 1 aromatic carbocycles. The predicted octanol–water partition coefficient (Wildman–Crippen LogP) is -0.0947. The maximum absolute atomic E-state index is 12.2. The molecule has 1 aromatic rings. The molecule has 102 valence electrons. The molecule has 0 fully saturated rings. The van der Waals surface area contributed by atoms with Crippen LogP contribution < -0.4 is 10.6 Å². The zero-order valence-electron chi connectivity index (χ0n) is 11.3. The van der Waals surface area contributed by atoms with Gasteiger partial charge < -0.3 is 15.5 Å². The summed E-state index contributed by atoms with van der Waals surface area (Å²) in [6.07, 6.45) is 0.674. The van der Waals surface area contributed by atoms with Gasteiger partial charge in [0.25, 0.3) is 0 Å². The first-order chi connectivity index (χ1) is 9.11. The van der Waals surface area contributed by atoms with E-state index in [1.54, 1.807) is 14.1 Å². The number of rotatable bonds is 3. The first-order valence-electron chi connectivity index (χ1n) is 6.37.